The highest BCUT2D eigenvalue weighted by atomic mass is 16.2. The van der Waals surface area contributed by atoms with Gasteiger partial charge in [0.2, 0.25) is 11.9 Å². The number of rotatable bonds is 3. The molecule has 3 fully saturated rings. The van der Waals surface area contributed by atoms with Gasteiger partial charge in [-0.25, -0.2) is 9.97 Å². The second kappa shape index (κ2) is 7.06. The third kappa shape index (κ3) is 3.08. The van der Waals surface area contributed by atoms with Crippen molar-refractivity contribution >= 4 is 11.9 Å². The van der Waals surface area contributed by atoms with E-state index in [4.69, 9.17) is 0 Å². The lowest BCUT2D eigenvalue weighted by Crippen LogP contribution is -2.56. The fourth-order valence-corrected chi connectivity index (χ4v) is 5.63. The van der Waals surface area contributed by atoms with Crippen LogP contribution in [0, 0.1) is 18.8 Å². The van der Waals surface area contributed by atoms with Crippen LogP contribution in [-0.2, 0) is 11.3 Å². The number of hydrogen-bond donors (Lipinski definition) is 0. The van der Waals surface area contributed by atoms with Gasteiger partial charge in [-0.15, -0.1) is 0 Å². The number of aryl methyl sites for hydroxylation is 1. The molecular formula is C22H28N6O. The van der Waals surface area contributed by atoms with Gasteiger partial charge in [0.15, 0.2) is 0 Å². The van der Waals surface area contributed by atoms with Crippen molar-refractivity contribution in [3.05, 3.63) is 48.0 Å². The Bertz CT molecular complexity index is 878. The smallest absolute Gasteiger partial charge is 0.227 e. The van der Waals surface area contributed by atoms with E-state index >= 15 is 0 Å². The summed E-state index contributed by atoms with van der Waals surface area (Å²) in [7, 11) is 2.02. The van der Waals surface area contributed by atoms with Gasteiger partial charge in [-0.2, -0.15) is 0 Å². The summed E-state index contributed by atoms with van der Waals surface area (Å²) in [6.45, 7) is 6.51. The first-order valence-electron chi connectivity index (χ1n) is 10.5. The number of hydrogen-bond acceptors (Lipinski definition) is 6. The summed E-state index contributed by atoms with van der Waals surface area (Å²) in [6, 6.07) is 4.10. The lowest BCUT2D eigenvalue weighted by Gasteiger charge is -2.46. The largest absolute Gasteiger partial charge is 0.341 e. The van der Waals surface area contributed by atoms with E-state index < -0.39 is 0 Å². The third-order valence-electron chi connectivity index (χ3n) is 7.21. The lowest BCUT2D eigenvalue weighted by atomic mass is 9.75. The van der Waals surface area contributed by atoms with E-state index in [0.717, 1.165) is 57.1 Å². The number of likely N-dealkylation sites (tertiary alicyclic amines) is 2. The Morgan fingerprint density at radius 2 is 1.90 bits per heavy atom. The molecule has 3 aliphatic heterocycles. The van der Waals surface area contributed by atoms with Gasteiger partial charge in [-0.1, -0.05) is 6.07 Å². The molecule has 0 bridgehead atoms. The molecule has 0 radical (unpaired) electrons. The highest BCUT2D eigenvalue weighted by molar-refractivity contribution is 5.83. The molecule has 5 heterocycles. The molecular weight excluding hydrogens is 364 g/mol. The van der Waals surface area contributed by atoms with Gasteiger partial charge in [0.25, 0.3) is 0 Å². The Labute approximate surface area is 171 Å². The predicted molar refractivity (Wildman–Crippen MR) is 110 cm³/mol. The monoisotopic (exact) mass is 392 g/mol. The molecule has 2 atom stereocenters. The molecule has 3 aliphatic rings. The molecule has 1 amide bonds. The summed E-state index contributed by atoms with van der Waals surface area (Å²) in [6.07, 6.45) is 9.45. The number of fused-ring (bicyclic) bond motifs is 2. The fraction of sp³-hybridized carbons (Fsp3) is 0.545. The maximum atomic E-state index is 13.1. The molecule has 0 aromatic carbocycles. The molecule has 152 valence electrons. The standard InChI is InChI=1S/C22H28N6O/c1-16-10-24-21(25-11-16)28-8-5-22(6-9-28)19-15-27(13-17-4-3-7-23-12-17)14-18(19)20(29)26(22)2/h3-4,7,10-12,18-19H,5-6,8-9,13-15H2,1-2H3/t18-,19+/m0/s1. The van der Waals surface area contributed by atoms with Crippen LogP contribution in [0.25, 0.3) is 0 Å². The Balaban J connectivity index is 1.31. The summed E-state index contributed by atoms with van der Waals surface area (Å²) in [5, 5.41) is 0. The molecule has 3 saturated heterocycles. The van der Waals surface area contributed by atoms with Gasteiger partial charge >= 0.3 is 0 Å². The Morgan fingerprint density at radius 3 is 2.59 bits per heavy atom. The van der Waals surface area contributed by atoms with E-state index in [-0.39, 0.29) is 11.5 Å². The van der Waals surface area contributed by atoms with Crippen LogP contribution < -0.4 is 4.90 Å². The zero-order valence-electron chi connectivity index (χ0n) is 17.2. The first kappa shape index (κ1) is 18.5. The SMILES string of the molecule is Cc1cnc(N2CCC3(CC2)[C@@H]2CN(Cc4cccnc4)C[C@@H]2C(=O)N3C)nc1. The van der Waals surface area contributed by atoms with E-state index in [1.54, 1.807) is 6.20 Å². The number of carbonyl (C=O) groups excluding carboxylic acids is 1. The molecule has 0 aliphatic carbocycles. The first-order valence-corrected chi connectivity index (χ1v) is 10.5. The molecule has 2 aromatic rings. The molecule has 5 rings (SSSR count). The highest BCUT2D eigenvalue weighted by Gasteiger charge is 2.60. The highest BCUT2D eigenvalue weighted by Crippen LogP contribution is 2.49. The topological polar surface area (TPSA) is 65.5 Å². The van der Waals surface area contributed by atoms with E-state index in [1.807, 2.05) is 38.6 Å². The summed E-state index contributed by atoms with van der Waals surface area (Å²) in [5.41, 5.74) is 2.26. The molecule has 0 N–H and O–H groups in total. The van der Waals surface area contributed by atoms with E-state index in [9.17, 15) is 4.79 Å². The summed E-state index contributed by atoms with van der Waals surface area (Å²) >= 11 is 0. The molecule has 7 nitrogen and oxygen atoms in total. The number of anilines is 1. The number of carbonyl (C=O) groups is 1. The van der Waals surface area contributed by atoms with Crippen LogP contribution in [0.5, 0.6) is 0 Å². The zero-order valence-corrected chi connectivity index (χ0v) is 17.2. The van der Waals surface area contributed by atoms with Gasteiger partial charge in [-0.05, 0) is 37.0 Å². The van der Waals surface area contributed by atoms with Gasteiger partial charge in [0, 0.05) is 70.5 Å². The van der Waals surface area contributed by atoms with Crippen molar-refractivity contribution in [3.63, 3.8) is 0 Å². The molecule has 2 aromatic heterocycles. The van der Waals surface area contributed by atoms with Crippen LogP contribution in [0.3, 0.4) is 0 Å². The minimum absolute atomic E-state index is 0.0351. The normalized spacial score (nSPS) is 26.3. The predicted octanol–water partition coefficient (Wildman–Crippen LogP) is 1.74. The van der Waals surface area contributed by atoms with Crippen molar-refractivity contribution in [1.29, 1.82) is 0 Å². The quantitative estimate of drug-likeness (QED) is 0.793. The number of amides is 1. The first-order chi connectivity index (χ1) is 14.1. The number of aromatic nitrogens is 3. The van der Waals surface area contributed by atoms with Gasteiger partial charge in [0.05, 0.1) is 11.5 Å². The molecule has 0 saturated carbocycles. The summed E-state index contributed by atoms with van der Waals surface area (Å²) in [5.74, 6) is 1.65. The van der Waals surface area contributed by atoms with Crippen LogP contribution in [0.1, 0.15) is 24.0 Å². The van der Waals surface area contributed by atoms with Crippen LogP contribution in [0.15, 0.2) is 36.9 Å². The average Bonchev–Trinajstić information content (AvgIpc) is 3.24. The van der Waals surface area contributed by atoms with Crippen molar-refractivity contribution in [2.75, 3.05) is 38.1 Å². The van der Waals surface area contributed by atoms with E-state index in [0.29, 0.717) is 11.8 Å². The number of pyridine rings is 1. The van der Waals surface area contributed by atoms with Crippen LogP contribution in [-0.4, -0.2) is 69.4 Å². The van der Waals surface area contributed by atoms with Crippen molar-refractivity contribution in [3.8, 4) is 0 Å². The maximum absolute atomic E-state index is 13.1. The van der Waals surface area contributed by atoms with Crippen LogP contribution >= 0.6 is 0 Å². The minimum atomic E-state index is -0.0351. The van der Waals surface area contributed by atoms with E-state index in [2.05, 4.69) is 35.7 Å². The lowest BCUT2D eigenvalue weighted by molar-refractivity contribution is -0.133. The second-order valence-electron chi connectivity index (χ2n) is 8.82. The van der Waals surface area contributed by atoms with Crippen molar-refractivity contribution in [1.82, 2.24) is 24.8 Å². The summed E-state index contributed by atoms with van der Waals surface area (Å²) < 4.78 is 0. The van der Waals surface area contributed by atoms with Crippen molar-refractivity contribution in [2.24, 2.45) is 11.8 Å². The Hall–Kier alpha value is -2.54. The average molecular weight is 393 g/mol. The third-order valence-corrected chi connectivity index (χ3v) is 7.21. The zero-order chi connectivity index (χ0) is 20.0. The maximum Gasteiger partial charge on any atom is 0.227 e. The number of nitrogens with zero attached hydrogens (tertiary/aromatic N) is 6. The minimum Gasteiger partial charge on any atom is -0.341 e. The fourth-order valence-electron chi connectivity index (χ4n) is 5.63. The Kier molecular flexibility index (Phi) is 4.50. The second-order valence-corrected chi connectivity index (χ2v) is 8.82. The van der Waals surface area contributed by atoms with E-state index in [1.165, 1.54) is 5.56 Å². The van der Waals surface area contributed by atoms with Gasteiger partial charge in [-0.3, -0.25) is 14.7 Å². The Morgan fingerprint density at radius 1 is 1.14 bits per heavy atom. The number of piperidine rings is 1. The van der Waals surface area contributed by atoms with Crippen LogP contribution in [0.4, 0.5) is 5.95 Å². The summed E-state index contributed by atoms with van der Waals surface area (Å²) in [4.78, 5) is 33.1. The molecule has 0 unspecified atom stereocenters. The molecule has 29 heavy (non-hydrogen) atoms. The van der Waals surface area contributed by atoms with Gasteiger partial charge in [0.1, 0.15) is 0 Å². The molecule has 7 heteroatoms. The van der Waals surface area contributed by atoms with Crippen LogP contribution in [0.2, 0.25) is 0 Å². The van der Waals surface area contributed by atoms with Gasteiger partial charge < -0.3 is 9.80 Å². The molecule has 1 spiro atoms. The van der Waals surface area contributed by atoms with Crippen molar-refractivity contribution in [2.45, 2.75) is 31.8 Å². The van der Waals surface area contributed by atoms with Crippen molar-refractivity contribution < 1.29 is 4.79 Å².